The molecule has 4 rings (SSSR count). The minimum absolute atomic E-state index is 0.0172. The van der Waals surface area contributed by atoms with E-state index in [4.69, 9.17) is 27.9 Å². The summed E-state index contributed by atoms with van der Waals surface area (Å²) in [6.45, 7) is 3.68. The van der Waals surface area contributed by atoms with E-state index < -0.39 is 17.7 Å². The summed E-state index contributed by atoms with van der Waals surface area (Å²) in [5.74, 6) is -1.63. The summed E-state index contributed by atoms with van der Waals surface area (Å²) >= 11 is 15.9. The van der Waals surface area contributed by atoms with Crippen molar-refractivity contribution >= 4 is 56.6 Å². The zero-order valence-corrected chi connectivity index (χ0v) is 20.2. The first kappa shape index (κ1) is 23.3. The number of benzene rings is 2. The van der Waals surface area contributed by atoms with Crippen LogP contribution < -0.4 is 0 Å². The van der Waals surface area contributed by atoms with Gasteiger partial charge in [-0.3, -0.25) is 14.5 Å². The molecule has 2 saturated heterocycles. The summed E-state index contributed by atoms with van der Waals surface area (Å²) in [5, 5.41) is 11.8. The van der Waals surface area contributed by atoms with Crippen molar-refractivity contribution in [2.75, 3.05) is 39.4 Å². The van der Waals surface area contributed by atoms with Crippen LogP contribution in [0.1, 0.15) is 17.2 Å². The number of hydrogen-bond acceptors (Lipinski definition) is 5. The molecule has 6 nitrogen and oxygen atoms in total. The van der Waals surface area contributed by atoms with E-state index in [1.54, 1.807) is 42.5 Å². The van der Waals surface area contributed by atoms with Crippen LogP contribution in [0.15, 0.2) is 52.5 Å². The molecule has 2 aliphatic heterocycles. The highest BCUT2D eigenvalue weighted by atomic mass is 79.9. The average molecular weight is 540 g/mol. The normalized spacial score (nSPS) is 21.3. The Balaban J connectivity index is 1.76. The molecule has 1 N–H and O–H groups in total. The fraction of sp³-hybridized carbons (Fsp3) is 0.304. The van der Waals surface area contributed by atoms with Crippen LogP contribution >= 0.6 is 39.1 Å². The van der Waals surface area contributed by atoms with E-state index in [1.165, 1.54) is 4.90 Å². The molecule has 0 aromatic heterocycles. The van der Waals surface area contributed by atoms with Crippen LogP contribution in [0.5, 0.6) is 0 Å². The number of carbonyl (C=O) groups is 2. The highest BCUT2D eigenvalue weighted by Crippen LogP contribution is 2.42. The highest BCUT2D eigenvalue weighted by molar-refractivity contribution is 9.10. The molecule has 2 aromatic carbocycles. The van der Waals surface area contributed by atoms with Crippen LogP contribution in [-0.2, 0) is 14.3 Å². The molecule has 0 saturated carbocycles. The number of carbonyl (C=O) groups excluding carboxylic acids is 2. The number of halogens is 3. The Kier molecular flexibility index (Phi) is 7.22. The first-order valence-electron chi connectivity index (χ1n) is 10.2. The van der Waals surface area contributed by atoms with E-state index in [0.717, 1.165) is 17.6 Å². The number of likely N-dealkylation sites (tertiary alicyclic amines) is 1. The minimum atomic E-state index is -0.815. The maximum absolute atomic E-state index is 13.1. The maximum atomic E-state index is 13.1. The van der Waals surface area contributed by atoms with Gasteiger partial charge in [-0.15, -0.1) is 0 Å². The summed E-state index contributed by atoms with van der Waals surface area (Å²) in [6.07, 6.45) is 0. The Morgan fingerprint density at radius 1 is 1.06 bits per heavy atom. The number of hydrogen-bond donors (Lipinski definition) is 1. The van der Waals surface area contributed by atoms with Gasteiger partial charge < -0.3 is 14.7 Å². The number of aliphatic hydroxyl groups is 1. The lowest BCUT2D eigenvalue weighted by Crippen LogP contribution is -2.42. The van der Waals surface area contributed by atoms with Crippen LogP contribution in [0.4, 0.5) is 0 Å². The number of nitrogens with zero attached hydrogens (tertiary/aromatic N) is 2. The molecule has 0 aliphatic carbocycles. The van der Waals surface area contributed by atoms with Gasteiger partial charge in [0.25, 0.3) is 11.7 Å². The molecule has 2 aliphatic rings. The molecule has 0 radical (unpaired) electrons. The van der Waals surface area contributed by atoms with Gasteiger partial charge in [0.15, 0.2) is 0 Å². The molecule has 2 heterocycles. The number of amides is 1. The van der Waals surface area contributed by atoms with Crippen molar-refractivity contribution in [1.29, 1.82) is 0 Å². The van der Waals surface area contributed by atoms with E-state index in [0.29, 0.717) is 47.5 Å². The van der Waals surface area contributed by atoms with E-state index in [-0.39, 0.29) is 11.3 Å². The number of rotatable bonds is 5. The third-order valence-corrected chi connectivity index (χ3v) is 6.77. The lowest BCUT2D eigenvalue weighted by atomic mass is 9.95. The standard InChI is InChI=1S/C23H21BrCl2N2O4/c24-15-3-1-14(2-4-15)21(29)19-20(17-6-5-16(25)13-18(17)26)28(23(31)22(19)30)8-7-27-9-11-32-12-10-27/h1-6,13,20,29H,7-12H2/b21-19-. The zero-order chi connectivity index (χ0) is 22.8. The average Bonchev–Trinajstić information content (AvgIpc) is 3.03. The lowest BCUT2D eigenvalue weighted by Gasteiger charge is -2.31. The predicted molar refractivity (Wildman–Crippen MR) is 127 cm³/mol. The smallest absolute Gasteiger partial charge is 0.295 e. The Hall–Kier alpha value is -1.90. The number of Topliss-reactive ketones (excluding diaryl/α,β-unsaturated/α-hetero) is 1. The first-order valence-corrected chi connectivity index (χ1v) is 11.7. The van der Waals surface area contributed by atoms with Crippen molar-refractivity contribution < 1.29 is 19.4 Å². The van der Waals surface area contributed by atoms with Gasteiger partial charge in [0.05, 0.1) is 24.8 Å². The molecule has 2 fully saturated rings. The molecule has 168 valence electrons. The predicted octanol–water partition coefficient (Wildman–Crippen LogP) is 4.51. The highest BCUT2D eigenvalue weighted by Gasteiger charge is 2.46. The van der Waals surface area contributed by atoms with E-state index >= 15 is 0 Å². The topological polar surface area (TPSA) is 70.1 Å². The molecular weight excluding hydrogens is 519 g/mol. The molecule has 0 spiro atoms. The number of ether oxygens (including phenoxy) is 1. The number of ketones is 1. The van der Waals surface area contributed by atoms with Crippen LogP contribution in [0.25, 0.3) is 5.76 Å². The second kappa shape index (κ2) is 9.93. The Labute approximate surface area is 204 Å². The van der Waals surface area contributed by atoms with Crippen molar-refractivity contribution in [3.63, 3.8) is 0 Å². The molecule has 1 atom stereocenters. The summed E-state index contributed by atoms with van der Waals surface area (Å²) in [6, 6.07) is 11.0. The van der Waals surface area contributed by atoms with E-state index in [9.17, 15) is 14.7 Å². The summed E-state index contributed by atoms with van der Waals surface area (Å²) < 4.78 is 6.21. The van der Waals surface area contributed by atoms with Gasteiger partial charge >= 0.3 is 0 Å². The van der Waals surface area contributed by atoms with Gasteiger partial charge in [0.1, 0.15) is 5.76 Å². The Morgan fingerprint density at radius 2 is 1.75 bits per heavy atom. The molecule has 0 bridgehead atoms. The molecule has 1 amide bonds. The summed E-state index contributed by atoms with van der Waals surface area (Å²) in [7, 11) is 0. The van der Waals surface area contributed by atoms with Crippen LogP contribution in [0, 0.1) is 0 Å². The van der Waals surface area contributed by atoms with Crippen LogP contribution in [-0.4, -0.2) is 66.0 Å². The molecule has 1 unspecified atom stereocenters. The molecular formula is C23H21BrCl2N2O4. The third kappa shape index (κ3) is 4.72. The minimum Gasteiger partial charge on any atom is -0.507 e. The fourth-order valence-electron chi connectivity index (χ4n) is 3.99. The molecule has 32 heavy (non-hydrogen) atoms. The van der Waals surface area contributed by atoms with Crippen molar-refractivity contribution in [2.24, 2.45) is 0 Å². The quantitative estimate of drug-likeness (QED) is 0.344. The molecule has 9 heteroatoms. The number of morpholine rings is 1. The van der Waals surface area contributed by atoms with E-state index in [2.05, 4.69) is 20.8 Å². The van der Waals surface area contributed by atoms with E-state index in [1.807, 2.05) is 0 Å². The Bertz CT molecular complexity index is 1070. The second-order valence-electron chi connectivity index (χ2n) is 7.62. The van der Waals surface area contributed by atoms with Gasteiger partial charge in [-0.2, -0.15) is 0 Å². The summed E-state index contributed by atoms with van der Waals surface area (Å²) in [4.78, 5) is 29.8. The Morgan fingerprint density at radius 3 is 2.41 bits per heavy atom. The SMILES string of the molecule is O=C1C(=O)N(CCN2CCOCC2)C(c2ccc(Cl)cc2Cl)/C1=C(/O)c1ccc(Br)cc1. The van der Waals surface area contributed by atoms with Gasteiger partial charge in [0, 0.05) is 46.3 Å². The summed E-state index contributed by atoms with van der Waals surface area (Å²) in [5.41, 5.74) is 0.994. The number of aliphatic hydroxyl groups excluding tert-OH is 1. The van der Waals surface area contributed by atoms with Crippen LogP contribution in [0.2, 0.25) is 10.0 Å². The van der Waals surface area contributed by atoms with Crippen LogP contribution in [0.3, 0.4) is 0 Å². The lowest BCUT2D eigenvalue weighted by molar-refractivity contribution is -0.140. The van der Waals surface area contributed by atoms with Crippen molar-refractivity contribution in [3.05, 3.63) is 73.7 Å². The van der Waals surface area contributed by atoms with Crippen molar-refractivity contribution in [2.45, 2.75) is 6.04 Å². The first-order chi connectivity index (χ1) is 15.4. The van der Waals surface area contributed by atoms with Crippen molar-refractivity contribution in [3.8, 4) is 0 Å². The third-order valence-electron chi connectivity index (χ3n) is 5.68. The monoisotopic (exact) mass is 538 g/mol. The maximum Gasteiger partial charge on any atom is 0.295 e. The zero-order valence-electron chi connectivity index (χ0n) is 17.1. The second-order valence-corrected chi connectivity index (χ2v) is 9.38. The van der Waals surface area contributed by atoms with Gasteiger partial charge in [-0.05, 0) is 29.8 Å². The van der Waals surface area contributed by atoms with Crippen molar-refractivity contribution in [1.82, 2.24) is 9.80 Å². The fourth-order valence-corrected chi connectivity index (χ4v) is 4.77. The molecule has 2 aromatic rings. The largest absolute Gasteiger partial charge is 0.507 e. The van der Waals surface area contributed by atoms with Gasteiger partial charge in [-0.1, -0.05) is 57.3 Å². The van der Waals surface area contributed by atoms with Gasteiger partial charge in [-0.25, -0.2) is 0 Å². The van der Waals surface area contributed by atoms with Gasteiger partial charge in [0.2, 0.25) is 0 Å².